The summed E-state index contributed by atoms with van der Waals surface area (Å²) < 4.78 is 13.5. The molecule has 0 aliphatic rings. The van der Waals surface area contributed by atoms with E-state index in [2.05, 4.69) is 4.99 Å². The maximum Gasteiger partial charge on any atom is 0.191 e. The van der Waals surface area contributed by atoms with Gasteiger partial charge in [-0.2, -0.15) is 0 Å². The molecule has 0 unspecified atom stereocenters. The molecule has 0 saturated heterocycles. The summed E-state index contributed by atoms with van der Waals surface area (Å²) in [5, 5.41) is 0.0546. The number of hydrogen-bond acceptors (Lipinski definition) is 1. The molecule has 1 aromatic carbocycles. The van der Waals surface area contributed by atoms with E-state index in [1.807, 2.05) is 0 Å². The third-order valence-electron chi connectivity index (χ3n) is 1.26. The first kappa shape index (κ1) is 10.5. The predicted octanol–water partition coefficient (Wildman–Crippen LogP) is 1.99. The Morgan fingerprint density at radius 1 is 1.46 bits per heavy atom. The Balaban J connectivity index is 3.26. The Morgan fingerprint density at radius 2 is 2.08 bits per heavy atom. The van der Waals surface area contributed by atoms with Gasteiger partial charge < -0.3 is 11.5 Å². The summed E-state index contributed by atoms with van der Waals surface area (Å²) in [6.07, 6.45) is 0. The molecule has 0 aliphatic carbocycles. The van der Waals surface area contributed by atoms with Gasteiger partial charge in [-0.15, -0.1) is 0 Å². The molecule has 0 fully saturated rings. The van der Waals surface area contributed by atoms with Crippen LogP contribution >= 0.6 is 34.2 Å². The minimum absolute atomic E-state index is 0.0546. The van der Waals surface area contributed by atoms with Gasteiger partial charge in [-0.3, -0.25) is 0 Å². The summed E-state index contributed by atoms with van der Waals surface area (Å²) in [4.78, 5) is 3.73. The smallest absolute Gasteiger partial charge is 0.191 e. The van der Waals surface area contributed by atoms with Crippen molar-refractivity contribution in [3.05, 3.63) is 26.5 Å². The van der Waals surface area contributed by atoms with Crippen LogP contribution in [0.1, 0.15) is 0 Å². The Labute approximate surface area is 93.1 Å². The first-order chi connectivity index (χ1) is 6.02. The second kappa shape index (κ2) is 4.10. The molecule has 0 amide bonds. The van der Waals surface area contributed by atoms with Crippen molar-refractivity contribution in [3.8, 4) is 0 Å². The number of guanidine groups is 1. The number of rotatable bonds is 1. The minimum atomic E-state index is -0.509. The molecule has 1 rings (SSSR count). The van der Waals surface area contributed by atoms with Gasteiger partial charge in [-0.1, -0.05) is 11.6 Å². The number of nitrogens with zero attached hydrogens (tertiary/aromatic N) is 1. The van der Waals surface area contributed by atoms with Crippen molar-refractivity contribution in [2.45, 2.75) is 0 Å². The molecular weight excluding hydrogens is 307 g/mol. The van der Waals surface area contributed by atoms with E-state index in [-0.39, 0.29) is 11.0 Å². The molecule has 0 radical (unpaired) electrons. The fraction of sp³-hybridized carbons (Fsp3) is 0. The van der Waals surface area contributed by atoms with Gasteiger partial charge in [0.15, 0.2) is 11.8 Å². The second-order valence-electron chi connectivity index (χ2n) is 2.23. The number of aliphatic imine (C=N–C) groups is 1. The maximum atomic E-state index is 13.2. The van der Waals surface area contributed by atoms with Crippen molar-refractivity contribution in [1.29, 1.82) is 0 Å². The summed E-state index contributed by atoms with van der Waals surface area (Å²) in [6, 6.07) is 2.95. The lowest BCUT2D eigenvalue weighted by Crippen LogP contribution is -2.22. The van der Waals surface area contributed by atoms with Crippen molar-refractivity contribution in [2.75, 3.05) is 0 Å². The number of nitrogens with two attached hydrogens (primary N) is 2. The van der Waals surface area contributed by atoms with Gasteiger partial charge in [0.05, 0.1) is 14.3 Å². The molecule has 1 aromatic rings. The van der Waals surface area contributed by atoms with Crippen molar-refractivity contribution in [2.24, 2.45) is 16.5 Å². The number of hydrogen-bond donors (Lipinski definition) is 2. The third-order valence-corrected chi connectivity index (χ3v) is 2.58. The second-order valence-corrected chi connectivity index (χ2v) is 3.72. The fourth-order valence-electron chi connectivity index (χ4n) is 0.741. The molecule has 6 heteroatoms. The summed E-state index contributed by atoms with van der Waals surface area (Å²) >= 11 is 7.32. The van der Waals surface area contributed by atoms with E-state index in [0.717, 1.165) is 0 Å². The average Bonchev–Trinajstić information content (AvgIpc) is 2.06. The highest BCUT2D eigenvalue weighted by Crippen LogP contribution is 2.28. The molecule has 0 aliphatic heterocycles. The Bertz CT molecular complexity index is 363. The zero-order chi connectivity index (χ0) is 10.0. The van der Waals surface area contributed by atoms with Gasteiger partial charge in [0, 0.05) is 0 Å². The summed E-state index contributed by atoms with van der Waals surface area (Å²) in [5.41, 5.74) is 10.7. The highest BCUT2D eigenvalue weighted by molar-refractivity contribution is 14.1. The van der Waals surface area contributed by atoms with E-state index in [1.54, 1.807) is 28.7 Å². The quantitative estimate of drug-likeness (QED) is 0.360. The topological polar surface area (TPSA) is 64.4 Å². The SMILES string of the molecule is NC(N)=Nc1ccc(Cl)c(F)c1I. The first-order valence-corrected chi connectivity index (χ1v) is 4.71. The predicted molar refractivity (Wildman–Crippen MR) is 59.6 cm³/mol. The summed E-state index contributed by atoms with van der Waals surface area (Å²) in [5.74, 6) is -0.621. The zero-order valence-electron chi connectivity index (χ0n) is 6.39. The molecule has 0 atom stereocenters. The Morgan fingerprint density at radius 3 is 2.62 bits per heavy atom. The van der Waals surface area contributed by atoms with Gasteiger partial charge in [0.25, 0.3) is 0 Å². The van der Waals surface area contributed by atoms with Crippen LogP contribution in [0.25, 0.3) is 0 Å². The Kier molecular flexibility index (Phi) is 3.32. The average molecular weight is 314 g/mol. The van der Waals surface area contributed by atoms with Crippen molar-refractivity contribution in [3.63, 3.8) is 0 Å². The van der Waals surface area contributed by atoms with E-state index in [9.17, 15) is 4.39 Å². The largest absolute Gasteiger partial charge is 0.370 e. The van der Waals surface area contributed by atoms with E-state index in [0.29, 0.717) is 9.26 Å². The molecule has 3 nitrogen and oxygen atoms in total. The van der Waals surface area contributed by atoms with Crippen LogP contribution in [0.5, 0.6) is 0 Å². The molecule has 0 bridgehead atoms. The van der Waals surface area contributed by atoms with Crippen LogP contribution in [0.15, 0.2) is 17.1 Å². The van der Waals surface area contributed by atoms with Crippen LogP contribution in [-0.4, -0.2) is 5.96 Å². The molecule has 13 heavy (non-hydrogen) atoms. The molecule has 0 aromatic heterocycles. The van der Waals surface area contributed by atoms with Gasteiger partial charge in [-0.25, -0.2) is 9.38 Å². The number of benzene rings is 1. The standard InChI is InChI=1S/C7H6ClFIN3/c8-3-1-2-4(13-7(11)12)6(10)5(3)9/h1-2H,(H4,11,12,13). The highest BCUT2D eigenvalue weighted by atomic mass is 127. The lowest BCUT2D eigenvalue weighted by Gasteiger charge is -2.01. The van der Waals surface area contributed by atoms with Gasteiger partial charge >= 0.3 is 0 Å². The summed E-state index contributed by atoms with van der Waals surface area (Å²) in [6.45, 7) is 0. The zero-order valence-corrected chi connectivity index (χ0v) is 9.30. The fourth-order valence-corrected chi connectivity index (χ4v) is 1.65. The summed E-state index contributed by atoms with van der Waals surface area (Å²) in [7, 11) is 0. The molecule has 0 saturated carbocycles. The molecular formula is C7H6ClFIN3. The van der Waals surface area contributed by atoms with E-state index >= 15 is 0 Å². The van der Waals surface area contributed by atoms with Crippen molar-refractivity contribution in [1.82, 2.24) is 0 Å². The van der Waals surface area contributed by atoms with Crippen LogP contribution in [-0.2, 0) is 0 Å². The first-order valence-electron chi connectivity index (χ1n) is 3.25. The van der Waals surface area contributed by atoms with E-state index < -0.39 is 5.82 Å². The van der Waals surface area contributed by atoms with Crippen molar-refractivity contribution < 1.29 is 4.39 Å². The lowest BCUT2D eigenvalue weighted by molar-refractivity contribution is 0.621. The highest BCUT2D eigenvalue weighted by Gasteiger charge is 2.08. The molecule has 0 spiro atoms. The molecule has 4 N–H and O–H groups in total. The van der Waals surface area contributed by atoms with E-state index in [1.165, 1.54) is 6.07 Å². The molecule has 70 valence electrons. The van der Waals surface area contributed by atoms with Gasteiger partial charge in [-0.05, 0) is 34.7 Å². The third kappa shape index (κ3) is 2.44. The maximum absolute atomic E-state index is 13.2. The van der Waals surface area contributed by atoms with Gasteiger partial charge in [0.1, 0.15) is 0 Å². The monoisotopic (exact) mass is 313 g/mol. The minimum Gasteiger partial charge on any atom is -0.370 e. The van der Waals surface area contributed by atoms with Crippen LogP contribution in [0.3, 0.4) is 0 Å². The van der Waals surface area contributed by atoms with Crippen LogP contribution in [0.2, 0.25) is 5.02 Å². The van der Waals surface area contributed by atoms with E-state index in [4.69, 9.17) is 23.1 Å². The Hall–Kier alpha value is -0.560. The number of halogens is 3. The van der Waals surface area contributed by atoms with Crippen LogP contribution < -0.4 is 11.5 Å². The van der Waals surface area contributed by atoms with Gasteiger partial charge in [0.2, 0.25) is 0 Å². The van der Waals surface area contributed by atoms with Crippen LogP contribution in [0, 0.1) is 9.39 Å². The van der Waals surface area contributed by atoms with Crippen molar-refractivity contribution >= 4 is 45.8 Å². The van der Waals surface area contributed by atoms with Crippen LogP contribution in [0.4, 0.5) is 10.1 Å². The lowest BCUT2D eigenvalue weighted by atomic mass is 10.3. The molecule has 0 heterocycles. The normalized spacial score (nSPS) is 9.77.